The summed E-state index contributed by atoms with van der Waals surface area (Å²) in [5.74, 6) is 0.894. The molecule has 0 aliphatic carbocycles. The summed E-state index contributed by atoms with van der Waals surface area (Å²) in [4.78, 5) is 12.6. The molecular weight excluding hydrogens is 344 g/mol. The quantitative estimate of drug-likeness (QED) is 0.574. The van der Waals surface area contributed by atoms with Crippen molar-refractivity contribution in [3.63, 3.8) is 0 Å². The van der Waals surface area contributed by atoms with E-state index in [0.29, 0.717) is 46.6 Å². The van der Waals surface area contributed by atoms with E-state index >= 15 is 0 Å². The molecule has 1 heterocycles. The topological polar surface area (TPSA) is 79.9 Å². The normalized spacial score (nSPS) is 11.0. The van der Waals surface area contributed by atoms with Crippen molar-refractivity contribution in [3.8, 4) is 28.6 Å². The van der Waals surface area contributed by atoms with Gasteiger partial charge in [0.1, 0.15) is 17.1 Å². The Kier molecular flexibility index (Phi) is 5.69. The average molecular weight is 368 g/mol. The summed E-state index contributed by atoms with van der Waals surface area (Å²) in [6.45, 7) is 4.57. The fourth-order valence-electron chi connectivity index (χ4n) is 3.01. The summed E-state index contributed by atoms with van der Waals surface area (Å²) in [6.07, 6.45) is 3.30. The van der Waals surface area contributed by atoms with E-state index < -0.39 is 0 Å². The second-order valence-electron chi connectivity index (χ2n) is 6.55. The Morgan fingerprint density at radius 2 is 1.78 bits per heavy atom. The van der Waals surface area contributed by atoms with Crippen molar-refractivity contribution in [1.82, 2.24) is 0 Å². The molecule has 0 fully saturated rings. The first kappa shape index (κ1) is 18.8. The molecule has 2 N–H and O–H groups in total. The van der Waals surface area contributed by atoms with E-state index in [-0.39, 0.29) is 16.9 Å². The van der Waals surface area contributed by atoms with Crippen LogP contribution in [-0.2, 0) is 6.42 Å². The number of phenolic OH excluding ortho intramolecular Hbond substituents is 2. The van der Waals surface area contributed by atoms with Gasteiger partial charge >= 0.3 is 0 Å². The lowest BCUT2D eigenvalue weighted by molar-refractivity contribution is 0.293. The molecule has 3 rings (SSSR count). The minimum Gasteiger partial charge on any atom is -0.508 e. The number of aryl methyl sites for hydroxylation is 1. The highest BCUT2D eigenvalue weighted by Crippen LogP contribution is 2.34. The van der Waals surface area contributed by atoms with Gasteiger partial charge in [0.05, 0.1) is 12.0 Å². The van der Waals surface area contributed by atoms with E-state index in [2.05, 4.69) is 6.92 Å². The zero-order valence-electron chi connectivity index (χ0n) is 15.6. The summed E-state index contributed by atoms with van der Waals surface area (Å²) in [7, 11) is 0. The molecule has 0 atom stereocenters. The molecule has 27 heavy (non-hydrogen) atoms. The fourth-order valence-corrected chi connectivity index (χ4v) is 3.01. The van der Waals surface area contributed by atoms with Crippen molar-refractivity contribution in [1.29, 1.82) is 0 Å². The Morgan fingerprint density at radius 3 is 2.52 bits per heavy atom. The summed E-state index contributed by atoms with van der Waals surface area (Å²) < 4.78 is 11.6. The van der Waals surface area contributed by atoms with E-state index in [4.69, 9.17) is 9.15 Å². The standard InChI is InChI=1S/C22H24O5/c1-3-5-11-26-21-12-14(7-9-18(21)24)20-13-19(25)16-8-10-17(23)15(6-4-2)22(16)27-20/h7-10,12-13,23-24H,3-6,11H2,1-2H3. The van der Waals surface area contributed by atoms with Gasteiger partial charge in [-0.2, -0.15) is 0 Å². The number of hydrogen-bond acceptors (Lipinski definition) is 5. The molecule has 0 spiro atoms. The van der Waals surface area contributed by atoms with Crippen molar-refractivity contribution < 1.29 is 19.4 Å². The summed E-state index contributed by atoms with van der Waals surface area (Å²) >= 11 is 0. The first-order valence-electron chi connectivity index (χ1n) is 9.30. The molecule has 2 aromatic carbocycles. The van der Waals surface area contributed by atoms with Gasteiger partial charge in [-0.15, -0.1) is 0 Å². The number of unbranched alkanes of at least 4 members (excludes halogenated alkanes) is 1. The third-order valence-corrected chi connectivity index (χ3v) is 4.48. The number of aromatic hydroxyl groups is 2. The fraction of sp³-hybridized carbons (Fsp3) is 0.318. The molecule has 0 aliphatic heterocycles. The molecule has 1 aromatic heterocycles. The van der Waals surface area contributed by atoms with Gasteiger partial charge in [-0.05, 0) is 43.2 Å². The highest BCUT2D eigenvalue weighted by molar-refractivity contribution is 5.83. The predicted molar refractivity (Wildman–Crippen MR) is 106 cm³/mol. The van der Waals surface area contributed by atoms with Crippen LogP contribution in [0.5, 0.6) is 17.2 Å². The third-order valence-electron chi connectivity index (χ3n) is 4.48. The highest BCUT2D eigenvalue weighted by Gasteiger charge is 2.15. The summed E-state index contributed by atoms with van der Waals surface area (Å²) in [5, 5.41) is 20.6. The second kappa shape index (κ2) is 8.16. The number of benzene rings is 2. The third kappa shape index (κ3) is 3.92. The van der Waals surface area contributed by atoms with Crippen LogP contribution in [0.15, 0.2) is 45.6 Å². The smallest absolute Gasteiger partial charge is 0.193 e. The Hall–Kier alpha value is -2.95. The van der Waals surface area contributed by atoms with Crippen LogP contribution < -0.4 is 10.2 Å². The molecule has 0 unspecified atom stereocenters. The van der Waals surface area contributed by atoms with Crippen LogP contribution in [0.1, 0.15) is 38.7 Å². The van der Waals surface area contributed by atoms with E-state index in [1.165, 1.54) is 18.2 Å². The van der Waals surface area contributed by atoms with Crippen LogP contribution in [0.4, 0.5) is 0 Å². The number of fused-ring (bicyclic) bond motifs is 1. The Morgan fingerprint density at radius 1 is 1.00 bits per heavy atom. The van der Waals surface area contributed by atoms with Gasteiger partial charge in [0.2, 0.25) is 0 Å². The highest BCUT2D eigenvalue weighted by atomic mass is 16.5. The molecule has 142 valence electrons. The summed E-state index contributed by atoms with van der Waals surface area (Å²) in [6, 6.07) is 9.40. The lowest BCUT2D eigenvalue weighted by atomic mass is 10.0. The largest absolute Gasteiger partial charge is 0.508 e. The van der Waals surface area contributed by atoms with Crippen LogP contribution in [0.25, 0.3) is 22.3 Å². The minimum atomic E-state index is -0.176. The lowest BCUT2D eigenvalue weighted by Gasteiger charge is -2.11. The molecule has 3 aromatic rings. The van der Waals surface area contributed by atoms with Gasteiger partial charge in [0.25, 0.3) is 0 Å². The first-order valence-corrected chi connectivity index (χ1v) is 9.30. The molecule has 5 nitrogen and oxygen atoms in total. The molecule has 0 aliphatic rings. The van der Waals surface area contributed by atoms with Crippen LogP contribution in [0.3, 0.4) is 0 Å². The van der Waals surface area contributed by atoms with E-state index in [0.717, 1.165) is 19.3 Å². The zero-order valence-corrected chi connectivity index (χ0v) is 15.6. The Balaban J connectivity index is 2.10. The zero-order chi connectivity index (χ0) is 19.4. The molecular formula is C22H24O5. The number of rotatable bonds is 7. The molecule has 5 heteroatoms. The van der Waals surface area contributed by atoms with Gasteiger partial charge in [-0.3, -0.25) is 4.79 Å². The molecule has 0 amide bonds. The monoisotopic (exact) mass is 368 g/mol. The molecule has 0 saturated heterocycles. The van der Waals surface area contributed by atoms with Crippen LogP contribution in [0.2, 0.25) is 0 Å². The number of hydrogen-bond donors (Lipinski definition) is 2. The Labute approximate surface area is 157 Å². The lowest BCUT2D eigenvalue weighted by Crippen LogP contribution is -2.03. The number of phenols is 2. The van der Waals surface area contributed by atoms with Crippen molar-refractivity contribution in [3.05, 3.63) is 52.2 Å². The van der Waals surface area contributed by atoms with E-state index in [1.807, 2.05) is 6.92 Å². The van der Waals surface area contributed by atoms with Gasteiger partial charge in [-0.1, -0.05) is 26.7 Å². The predicted octanol–water partition coefficient (Wildman–Crippen LogP) is 5.00. The number of ether oxygens (including phenoxy) is 1. The molecule has 0 saturated carbocycles. The van der Waals surface area contributed by atoms with Crippen molar-refractivity contribution in [2.45, 2.75) is 39.5 Å². The average Bonchev–Trinajstić information content (AvgIpc) is 2.65. The maximum Gasteiger partial charge on any atom is 0.193 e. The SMILES string of the molecule is CCCCOc1cc(-c2cc(=O)c3ccc(O)c(CCC)c3o2)ccc1O. The summed E-state index contributed by atoms with van der Waals surface area (Å²) in [5.41, 5.74) is 1.49. The minimum absolute atomic E-state index is 0.0438. The molecule has 0 bridgehead atoms. The van der Waals surface area contributed by atoms with Gasteiger partial charge in [0, 0.05) is 17.2 Å². The van der Waals surface area contributed by atoms with Crippen LogP contribution in [0, 0.1) is 0 Å². The van der Waals surface area contributed by atoms with E-state index in [1.54, 1.807) is 18.2 Å². The van der Waals surface area contributed by atoms with Crippen LogP contribution >= 0.6 is 0 Å². The maximum atomic E-state index is 12.6. The van der Waals surface area contributed by atoms with Crippen molar-refractivity contribution in [2.75, 3.05) is 6.61 Å². The van der Waals surface area contributed by atoms with Gasteiger partial charge in [0.15, 0.2) is 16.9 Å². The maximum absolute atomic E-state index is 12.6. The molecule has 0 radical (unpaired) electrons. The van der Waals surface area contributed by atoms with Crippen molar-refractivity contribution in [2.24, 2.45) is 0 Å². The Bertz CT molecular complexity index is 1000. The van der Waals surface area contributed by atoms with Crippen molar-refractivity contribution >= 4 is 11.0 Å². The second-order valence-corrected chi connectivity index (χ2v) is 6.55. The van der Waals surface area contributed by atoms with Crippen LogP contribution in [-0.4, -0.2) is 16.8 Å². The van der Waals surface area contributed by atoms with E-state index in [9.17, 15) is 15.0 Å². The van der Waals surface area contributed by atoms with Gasteiger partial charge < -0.3 is 19.4 Å². The van der Waals surface area contributed by atoms with Gasteiger partial charge in [-0.25, -0.2) is 0 Å². The first-order chi connectivity index (χ1) is 13.0.